The number of thioether (sulfide) groups is 2. The molecular formula is C25H31N5O2S3. The van der Waals surface area contributed by atoms with Gasteiger partial charge in [-0.3, -0.25) is 4.99 Å². The summed E-state index contributed by atoms with van der Waals surface area (Å²) in [7, 11) is 1.71. The molecule has 0 aliphatic carbocycles. The van der Waals surface area contributed by atoms with Crippen LogP contribution in [0, 0.1) is 0 Å². The Morgan fingerprint density at radius 2 is 2.11 bits per heavy atom. The number of ether oxygens (including phenoxy) is 2. The lowest BCUT2D eigenvalue weighted by molar-refractivity contribution is 0.172. The van der Waals surface area contributed by atoms with Crippen molar-refractivity contribution in [1.29, 1.82) is 0 Å². The molecule has 0 saturated carbocycles. The third-order valence-corrected chi connectivity index (χ3v) is 8.80. The van der Waals surface area contributed by atoms with Gasteiger partial charge in [0, 0.05) is 86.1 Å². The van der Waals surface area contributed by atoms with Crippen LogP contribution in [0.25, 0.3) is 10.9 Å². The molecule has 2 aromatic heterocycles. The minimum Gasteiger partial charge on any atom is -0.493 e. The van der Waals surface area contributed by atoms with Gasteiger partial charge >= 0.3 is 0 Å². The van der Waals surface area contributed by atoms with Crippen LogP contribution in [0.15, 0.2) is 52.6 Å². The highest BCUT2D eigenvalue weighted by Gasteiger charge is 2.25. The summed E-state index contributed by atoms with van der Waals surface area (Å²) in [6, 6.07) is 12.2. The van der Waals surface area contributed by atoms with Crippen molar-refractivity contribution in [1.82, 2.24) is 14.9 Å². The minimum atomic E-state index is 0.525. The highest BCUT2D eigenvalue weighted by molar-refractivity contribution is 8.15. The number of methoxy groups -OCH3 is 1. The van der Waals surface area contributed by atoms with E-state index in [9.17, 15) is 0 Å². The molecule has 1 unspecified atom stereocenters. The van der Waals surface area contributed by atoms with Gasteiger partial charge in [0.1, 0.15) is 15.8 Å². The number of aromatic amines is 1. The Bertz CT molecular complexity index is 1130. The predicted molar refractivity (Wildman–Crippen MR) is 151 cm³/mol. The lowest BCUT2D eigenvalue weighted by Crippen LogP contribution is -2.37. The number of fused-ring (bicyclic) bond motifs is 1. The van der Waals surface area contributed by atoms with Crippen LogP contribution >= 0.6 is 35.5 Å². The number of benzene rings is 1. The fourth-order valence-electron chi connectivity index (χ4n) is 4.14. The van der Waals surface area contributed by atoms with Crippen LogP contribution in [0.4, 0.5) is 5.69 Å². The fraction of sp³-hybridized carbons (Fsp3) is 0.440. The van der Waals surface area contributed by atoms with Crippen LogP contribution in [-0.2, 0) is 4.74 Å². The van der Waals surface area contributed by atoms with Crippen LogP contribution < -0.4 is 9.46 Å². The molecule has 1 aromatic carbocycles. The molecule has 35 heavy (non-hydrogen) atoms. The number of hydrogen-bond acceptors (Lipinski definition) is 9. The van der Waals surface area contributed by atoms with Gasteiger partial charge in [-0.15, -0.1) is 0 Å². The molecule has 1 atom stereocenters. The van der Waals surface area contributed by atoms with Gasteiger partial charge in [0.05, 0.1) is 30.0 Å². The van der Waals surface area contributed by atoms with Gasteiger partial charge in [0.25, 0.3) is 0 Å². The van der Waals surface area contributed by atoms with Gasteiger partial charge < -0.3 is 24.1 Å². The number of H-pyrrole nitrogens is 1. The van der Waals surface area contributed by atoms with Crippen LogP contribution in [0.3, 0.4) is 0 Å². The van der Waals surface area contributed by atoms with Gasteiger partial charge in [-0.25, -0.2) is 4.98 Å². The molecule has 3 aromatic rings. The Morgan fingerprint density at radius 1 is 1.20 bits per heavy atom. The van der Waals surface area contributed by atoms with Gasteiger partial charge in [0.15, 0.2) is 0 Å². The van der Waals surface area contributed by atoms with Crippen molar-refractivity contribution in [2.45, 2.75) is 16.7 Å². The number of rotatable bonds is 11. The van der Waals surface area contributed by atoms with Crippen molar-refractivity contribution >= 4 is 57.1 Å². The van der Waals surface area contributed by atoms with Crippen molar-refractivity contribution in [2.24, 2.45) is 4.99 Å². The quantitative estimate of drug-likeness (QED) is 0.265. The molecule has 1 saturated heterocycles. The number of hydrogen-bond donors (Lipinski definition) is 2. The summed E-state index contributed by atoms with van der Waals surface area (Å²) in [6.45, 7) is 5.69. The molecule has 7 nitrogen and oxygen atoms in total. The lowest BCUT2D eigenvalue weighted by Gasteiger charge is -2.28. The molecule has 2 N–H and O–H groups in total. The topological polar surface area (TPSA) is 74.8 Å². The molecule has 0 bridgehead atoms. The van der Waals surface area contributed by atoms with Gasteiger partial charge in [0.2, 0.25) is 0 Å². The number of pyridine rings is 1. The number of nitrogens with zero attached hydrogens (tertiary/aromatic N) is 3. The summed E-state index contributed by atoms with van der Waals surface area (Å²) in [5.74, 6) is 3.33. The van der Waals surface area contributed by atoms with Crippen molar-refractivity contribution in [3.63, 3.8) is 0 Å². The fourth-order valence-corrected chi connectivity index (χ4v) is 6.89. The summed E-state index contributed by atoms with van der Waals surface area (Å²) < 4.78 is 14.7. The molecule has 10 heteroatoms. The first kappa shape index (κ1) is 24.8. The first-order valence-corrected chi connectivity index (χ1v) is 14.8. The van der Waals surface area contributed by atoms with Gasteiger partial charge in [-0.2, -0.15) is 11.8 Å². The molecule has 0 spiro atoms. The first-order chi connectivity index (χ1) is 17.3. The highest BCUT2D eigenvalue weighted by Crippen LogP contribution is 2.35. The second-order valence-corrected chi connectivity index (χ2v) is 11.8. The van der Waals surface area contributed by atoms with Crippen molar-refractivity contribution in [2.75, 3.05) is 62.7 Å². The van der Waals surface area contributed by atoms with E-state index >= 15 is 0 Å². The van der Waals surface area contributed by atoms with Gasteiger partial charge in [-0.1, -0.05) is 17.8 Å². The zero-order chi connectivity index (χ0) is 23.9. The molecule has 5 rings (SSSR count). The maximum absolute atomic E-state index is 6.04. The summed E-state index contributed by atoms with van der Waals surface area (Å²) in [5.41, 5.74) is 3.09. The third kappa shape index (κ3) is 6.68. The van der Waals surface area contributed by atoms with Crippen LogP contribution in [0.1, 0.15) is 12.1 Å². The third-order valence-electron chi connectivity index (χ3n) is 5.88. The van der Waals surface area contributed by atoms with Crippen LogP contribution in [0.2, 0.25) is 0 Å². The molecule has 186 valence electrons. The summed E-state index contributed by atoms with van der Waals surface area (Å²) in [5, 5.41) is 3.64. The van der Waals surface area contributed by atoms with E-state index in [2.05, 4.69) is 43.5 Å². The summed E-state index contributed by atoms with van der Waals surface area (Å²) in [4.78, 5) is 15.5. The molecular weight excluding hydrogens is 499 g/mol. The first-order valence-electron chi connectivity index (χ1n) is 11.9. The number of aliphatic imine (C=N–C) groups is 1. The van der Waals surface area contributed by atoms with E-state index in [0.29, 0.717) is 18.5 Å². The minimum absolute atomic E-state index is 0.525. The van der Waals surface area contributed by atoms with Crippen LogP contribution in [-0.4, -0.2) is 83.2 Å². The second kappa shape index (κ2) is 12.4. The molecule has 0 radical (unpaired) electrons. The van der Waals surface area contributed by atoms with E-state index in [1.807, 2.05) is 36.0 Å². The van der Waals surface area contributed by atoms with E-state index in [0.717, 1.165) is 57.6 Å². The van der Waals surface area contributed by atoms with E-state index in [1.54, 1.807) is 13.3 Å². The Hall–Kier alpha value is -1.85. The molecule has 2 aliphatic rings. The smallest absolute Gasteiger partial charge is 0.122 e. The van der Waals surface area contributed by atoms with Gasteiger partial charge in [-0.05, 0) is 24.3 Å². The second-order valence-electron chi connectivity index (χ2n) is 8.48. The summed E-state index contributed by atoms with van der Waals surface area (Å²) >= 11 is 5.45. The molecule has 2 aliphatic heterocycles. The Labute approximate surface area is 219 Å². The van der Waals surface area contributed by atoms with E-state index in [1.165, 1.54) is 36.5 Å². The van der Waals surface area contributed by atoms with Crippen molar-refractivity contribution < 1.29 is 9.47 Å². The molecule has 4 heterocycles. The maximum atomic E-state index is 6.04. The predicted octanol–water partition coefficient (Wildman–Crippen LogP) is 5.01. The number of nitrogens with one attached hydrogen (secondary N) is 2. The van der Waals surface area contributed by atoms with Crippen LogP contribution in [0.5, 0.6) is 5.75 Å². The van der Waals surface area contributed by atoms with Crippen molar-refractivity contribution in [3.8, 4) is 5.75 Å². The highest BCUT2D eigenvalue weighted by atomic mass is 32.2. The average Bonchev–Trinajstić information content (AvgIpc) is 3.54. The van der Waals surface area contributed by atoms with Crippen molar-refractivity contribution in [3.05, 3.63) is 48.3 Å². The lowest BCUT2D eigenvalue weighted by atomic mass is 10.2. The standard InChI is InChI=1S/C25H31N5O2S3/c1-31-9-4-10-32-19-13-18-14-22(25-27-16-20(34-25)17-30-7-11-33-12-8-30)28-24(18)21(15-19)29-35-23-5-2-3-6-26-23/h2-3,5-6,13-15,20,28-29H,4,7-12,16-17H2,1H3. The van der Waals surface area contributed by atoms with E-state index < -0.39 is 0 Å². The normalized spacial score (nSPS) is 18.7. The molecule has 0 amide bonds. The maximum Gasteiger partial charge on any atom is 0.122 e. The zero-order valence-corrected chi connectivity index (χ0v) is 22.3. The SMILES string of the molecule is COCCCOc1cc(NSc2ccccn2)c2[nH]c(C3=NCC(CN4CCSCC4)S3)cc2c1. The summed E-state index contributed by atoms with van der Waals surface area (Å²) in [6.07, 6.45) is 2.65. The Balaban J connectivity index is 1.32. The Morgan fingerprint density at radius 3 is 2.94 bits per heavy atom. The van der Waals surface area contributed by atoms with E-state index in [-0.39, 0.29) is 0 Å². The average molecular weight is 530 g/mol. The zero-order valence-electron chi connectivity index (χ0n) is 19.9. The Kier molecular flexibility index (Phi) is 8.80. The largest absolute Gasteiger partial charge is 0.493 e. The monoisotopic (exact) mass is 529 g/mol. The molecule has 1 fully saturated rings. The number of aromatic nitrogens is 2. The van der Waals surface area contributed by atoms with E-state index in [4.69, 9.17) is 14.5 Å². The number of anilines is 1.